The van der Waals surface area contributed by atoms with Gasteiger partial charge in [-0.15, -0.1) is 0 Å². The predicted octanol–water partition coefficient (Wildman–Crippen LogP) is 4.55. The lowest BCUT2D eigenvalue weighted by molar-refractivity contribution is -0.143. The molecule has 0 aromatic heterocycles. The average Bonchev–Trinajstić information content (AvgIpc) is 3.28. The van der Waals surface area contributed by atoms with E-state index in [-0.39, 0.29) is 24.5 Å². The van der Waals surface area contributed by atoms with Gasteiger partial charge in [-0.3, -0.25) is 9.59 Å². The highest BCUT2D eigenvalue weighted by molar-refractivity contribution is 5.88. The fourth-order valence-corrected chi connectivity index (χ4v) is 4.17. The first-order valence-corrected chi connectivity index (χ1v) is 11.3. The van der Waals surface area contributed by atoms with Gasteiger partial charge >= 0.3 is 0 Å². The number of carbonyl (C=O) groups excluding carboxylic acids is 2. The second-order valence-corrected chi connectivity index (χ2v) is 8.41. The van der Waals surface area contributed by atoms with Gasteiger partial charge in [-0.05, 0) is 55.9 Å². The van der Waals surface area contributed by atoms with E-state index in [1.807, 2.05) is 69.3 Å². The molecule has 1 N–H and O–H groups in total. The minimum absolute atomic E-state index is 0.0644. The van der Waals surface area contributed by atoms with Crippen LogP contribution in [0.1, 0.15) is 55.7 Å². The summed E-state index contributed by atoms with van der Waals surface area (Å²) in [5.41, 5.74) is 3.14. The Bertz CT molecular complexity index is 875. The van der Waals surface area contributed by atoms with Gasteiger partial charge in [-0.25, -0.2) is 0 Å². The number of benzene rings is 2. The molecule has 0 spiro atoms. The van der Waals surface area contributed by atoms with Crippen LogP contribution in [0.4, 0.5) is 0 Å². The van der Waals surface area contributed by atoms with Crippen LogP contribution in [0, 0.1) is 13.8 Å². The van der Waals surface area contributed by atoms with E-state index in [1.165, 1.54) is 0 Å². The first-order chi connectivity index (χ1) is 15.0. The van der Waals surface area contributed by atoms with E-state index in [0.717, 1.165) is 42.4 Å². The minimum Gasteiger partial charge on any atom is -0.483 e. The molecule has 0 radical (unpaired) electrons. The highest BCUT2D eigenvalue weighted by Gasteiger charge is 2.30. The van der Waals surface area contributed by atoms with Crippen molar-refractivity contribution in [3.63, 3.8) is 0 Å². The molecule has 0 aliphatic heterocycles. The summed E-state index contributed by atoms with van der Waals surface area (Å²) in [7, 11) is 0. The van der Waals surface area contributed by atoms with Crippen LogP contribution in [-0.4, -0.2) is 35.4 Å². The monoisotopic (exact) mass is 422 g/mol. The van der Waals surface area contributed by atoms with Crippen molar-refractivity contribution in [2.24, 2.45) is 0 Å². The zero-order valence-electron chi connectivity index (χ0n) is 18.9. The Morgan fingerprint density at radius 1 is 1.06 bits per heavy atom. The van der Waals surface area contributed by atoms with Crippen molar-refractivity contribution < 1.29 is 14.3 Å². The number of ether oxygens (including phenoxy) is 1. The summed E-state index contributed by atoms with van der Waals surface area (Å²) in [6, 6.07) is 15.3. The third-order valence-corrected chi connectivity index (χ3v) is 6.19. The number of nitrogens with zero attached hydrogens (tertiary/aromatic N) is 1. The van der Waals surface area contributed by atoms with Crippen LogP contribution < -0.4 is 10.1 Å². The van der Waals surface area contributed by atoms with Gasteiger partial charge in [-0.2, -0.15) is 0 Å². The largest absolute Gasteiger partial charge is 0.483 e. The molecular weight excluding hydrogens is 388 g/mol. The molecule has 5 nitrogen and oxygen atoms in total. The molecule has 1 saturated carbocycles. The highest BCUT2D eigenvalue weighted by atomic mass is 16.5. The highest BCUT2D eigenvalue weighted by Crippen LogP contribution is 2.22. The van der Waals surface area contributed by atoms with Crippen LogP contribution in [0.5, 0.6) is 5.75 Å². The predicted molar refractivity (Wildman–Crippen MR) is 123 cm³/mol. The van der Waals surface area contributed by atoms with Gasteiger partial charge in [0.05, 0.1) is 0 Å². The normalized spacial score (nSPS) is 14.8. The quantitative estimate of drug-likeness (QED) is 0.645. The number of hydrogen-bond donors (Lipinski definition) is 1. The Morgan fingerprint density at radius 2 is 1.77 bits per heavy atom. The van der Waals surface area contributed by atoms with Gasteiger partial charge in [0.25, 0.3) is 5.91 Å². The second-order valence-electron chi connectivity index (χ2n) is 8.41. The Hall–Kier alpha value is -2.82. The maximum Gasteiger partial charge on any atom is 0.261 e. The molecule has 2 amide bonds. The Kier molecular flexibility index (Phi) is 8.10. The van der Waals surface area contributed by atoms with E-state index in [2.05, 4.69) is 5.32 Å². The van der Waals surface area contributed by atoms with Crippen molar-refractivity contribution >= 4 is 11.8 Å². The molecule has 166 valence electrons. The van der Waals surface area contributed by atoms with Gasteiger partial charge in [0.2, 0.25) is 5.91 Å². The van der Waals surface area contributed by atoms with E-state index in [1.54, 1.807) is 4.90 Å². The maximum absolute atomic E-state index is 13.3. The van der Waals surface area contributed by atoms with E-state index in [0.29, 0.717) is 18.7 Å². The molecule has 31 heavy (non-hydrogen) atoms. The number of amides is 2. The first kappa shape index (κ1) is 22.9. The summed E-state index contributed by atoms with van der Waals surface area (Å²) in [5.74, 6) is 0.458. The number of nitrogens with one attached hydrogen (secondary N) is 1. The fraction of sp³-hybridized carbons (Fsp3) is 0.462. The third-order valence-electron chi connectivity index (χ3n) is 6.19. The van der Waals surface area contributed by atoms with Crippen molar-refractivity contribution in [2.75, 3.05) is 6.61 Å². The third kappa shape index (κ3) is 6.09. The van der Waals surface area contributed by atoms with Crippen LogP contribution in [0.25, 0.3) is 0 Å². The molecule has 2 aromatic carbocycles. The molecule has 2 aromatic rings. The molecule has 1 aliphatic carbocycles. The van der Waals surface area contributed by atoms with E-state index < -0.39 is 6.04 Å². The smallest absolute Gasteiger partial charge is 0.261 e. The standard InChI is InChI=1S/C26H34N2O3/c1-4-23(26(30)27-22-14-8-9-15-22)28(17-21-12-6-5-7-13-21)25(29)18-31-24-16-10-11-19(2)20(24)3/h5-7,10-13,16,22-23H,4,8-9,14-15,17-18H2,1-3H3,(H,27,30). The topological polar surface area (TPSA) is 58.6 Å². The number of hydrogen-bond acceptors (Lipinski definition) is 3. The molecular formula is C26H34N2O3. The molecule has 1 unspecified atom stereocenters. The van der Waals surface area contributed by atoms with Crippen molar-refractivity contribution in [1.29, 1.82) is 0 Å². The lowest BCUT2D eigenvalue weighted by Gasteiger charge is -2.31. The fourth-order valence-electron chi connectivity index (χ4n) is 4.17. The van der Waals surface area contributed by atoms with Crippen LogP contribution in [0.15, 0.2) is 48.5 Å². The van der Waals surface area contributed by atoms with Gasteiger partial charge in [0.1, 0.15) is 11.8 Å². The molecule has 1 fully saturated rings. The molecule has 1 aliphatic rings. The average molecular weight is 423 g/mol. The minimum atomic E-state index is -0.518. The Morgan fingerprint density at radius 3 is 2.45 bits per heavy atom. The summed E-state index contributed by atoms with van der Waals surface area (Å²) in [6.45, 7) is 6.25. The SMILES string of the molecule is CCC(C(=O)NC1CCCC1)N(Cc1ccccc1)C(=O)COc1cccc(C)c1C. The molecule has 1 atom stereocenters. The summed E-state index contributed by atoms with van der Waals surface area (Å²) in [6.07, 6.45) is 4.89. The van der Waals surface area contributed by atoms with Gasteiger partial charge in [-0.1, -0.05) is 62.2 Å². The first-order valence-electron chi connectivity index (χ1n) is 11.3. The molecule has 0 saturated heterocycles. The van der Waals surface area contributed by atoms with E-state index in [4.69, 9.17) is 4.74 Å². The van der Waals surface area contributed by atoms with Crippen molar-refractivity contribution in [3.8, 4) is 5.75 Å². The van der Waals surface area contributed by atoms with Gasteiger partial charge in [0.15, 0.2) is 6.61 Å². The summed E-state index contributed by atoms with van der Waals surface area (Å²) < 4.78 is 5.88. The van der Waals surface area contributed by atoms with Crippen LogP contribution in [0.3, 0.4) is 0 Å². The van der Waals surface area contributed by atoms with E-state index in [9.17, 15) is 9.59 Å². The van der Waals surface area contributed by atoms with Crippen molar-refractivity contribution in [2.45, 2.75) is 71.5 Å². The lowest BCUT2D eigenvalue weighted by Crippen LogP contribution is -2.52. The zero-order chi connectivity index (χ0) is 22.2. The molecule has 3 rings (SSSR count). The van der Waals surface area contributed by atoms with Crippen LogP contribution >= 0.6 is 0 Å². The number of carbonyl (C=O) groups is 2. The maximum atomic E-state index is 13.3. The number of aryl methyl sites for hydroxylation is 1. The number of rotatable bonds is 9. The summed E-state index contributed by atoms with van der Waals surface area (Å²) >= 11 is 0. The van der Waals surface area contributed by atoms with Gasteiger partial charge in [0, 0.05) is 12.6 Å². The zero-order valence-corrected chi connectivity index (χ0v) is 18.9. The van der Waals surface area contributed by atoms with Crippen LogP contribution in [0.2, 0.25) is 0 Å². The Balaban J connectivity index is 1.75. The molecule has 0 heterocycles. The lowest BCUT2D eigenvalue weighted by atomic mass is 10.1. The van der Waals surface area contributed by atoms with Gasteiger partial charge < -0.3 is 15.0 Å². The van der Waals surface area contributed by atoms with E-state index >= 15 is 0 Å². The van der Waals surface area contributed by atoms with Crippen molar-refractivity contribution in [1.82, 2.24) is 10.2 Å². The molecule has 0 bridgehead atoms. The Labute approximate surface area is 185 Å². The van der Waals surface area contributed by atoms with Crippen LogP contribution in [-0.2, 0) is 16.1 Å². The summed E-state index contributed by atoms with van der Waals surface area (Å²) in [5, 5.41) is 3.17. The summed E-state index contributed by atoms with van der Waals surface area (Å²) in [4.78, 5) is 28.0. The van der Waals surface area contributed by atoms with Crippen molar-refractivity contribution in [3.05, 3.63) is 65.2 Å². The molecule has 5 heteroatoms. The second kappa shape index (κ2) is 11.0.